The number of amides is 1. The monoisotopic (exact) mass is 304 g/mol. The summed E-state index contributed by atoms with van der Waals surface area (Å²) in [6, 6.07) is 11.3. The second-order valence-corrected chi connectivity index (χ2v) is 4.83. The summed E-state index contributed by atoms with van der Waals surface area (Å²) >= 11 is 3.25. The minimum atomic E-state index is -0.0655. The predicted molar refractivity (Wildman–Crippen MR) is 75.8 cm³/mol. The second kappa shape index (κ2) is 5.31. The zero-order chi connectivity index (χ0) is 13.1. The van der Waals surface area contributed by atoms with Gasteiger partial charge in [-0.3, -0.25) is 4.79 Å². The maximum atomic E-state index is 12.3. The third-order valence-corrected chi connectivity index (χ3v) is 3.22. The van der Waals surface area contributed by atoms with Crippen LogP contribution in [-0.2, 0) is 0 Å². The molecule has 1 heterocycles. The summed E-state index contributed by atoms with van der Waals surface area (Å²) in [6.07, 6.45) is 1.57. The number of hydrogen-bond acceptors (Lipinski definition) is 2. The molecule has 2 aromatic rings. The summed E-state index contributed by atoms with van der Waals surface area (Å²) in [7, 11) is 1.77. The normalized spacial score (nSPS) is 10.2. The number of nitrogens with zero attached hydrogens (tertiary/aromatic N) is 2. The van der Waals surface area contributed by atoms with Gasteiger partial charge in [0.05, 0.1) is 5.56 Å². The fraction of sp³-hybridized carbons (Fsp3) is 0.143. The minimum Gasteiger partial charge on any atom is -0.311 e. The third kappa shape index (κ3) is 2.59. The quantitative estimate of drug-likeness (QED) is 0.796. The Morgan fingerprint density at radius 2 is 1.94 bits per heavy atom. The van der Waals surface area contributed by atoms with Crippen molar-refractivity contribution in [2.75, 3.05) is 11.9 Å². The molecule has 4 heteroatoms. The fourth-order valence-electron chi connectivity index (χ4n) is 1.75. The maximum absolute atomic E-state index is 12.3. The van der Waals surface area contributed by atoms with Crippen molar-refractivity contribution in [1.29, 1.82) is 0 Å². The van der Waals surface area contributed by atoms with Crippen LogP contribution in [0.15, 0.2) is 47.2 Å². The van der Waals surface area contributed by atoms with E-state index >= 15 is 0 Å². The number of para-hydroxylation sites is 1. The van der Waals surface area contributed by atoms with Crippen LogP contribution in [0.5, 0.6) is 0 Å². The van der Waals surface area contributed by atoms with Gasteiger partial charge in [-0.2, -0.15) is 0 Å². The van der Waals surface area contributed by atoms with Gasteiger partial charge in [-0.1, -0.05) is 18.2 Å². The lowest BCUT2D eigenvalue weighted by atomic mass is 10.1. The fourth-order valence-corrected chi connectivity index (χ4v) is 1.98. The smallest absolute Gasteiger partial charge is 0.259 e. The summed E-state index contributed by atoms with van der Waals surface area (Å²) in [5, 5.41) is 0. The summed E-state index contributed by atoms with van der Waals surface area (Å²) < 4.78 is 0.720. The van der Waals surface area contributed by atoms with Gasteiger partial charge in [0.25, 0.3) is 5.91 Å². The summed E-state index contributed by atoms with van der Waals surface area (Å²) in [4.78, 5) is 18.0. The van der Waals surface area contributed by atoms with E-state index in [0.717, 1.165) is 15.9 Å². The van der Waals surface area contributed by atoms with Crippen molar-refractivity contribution in [1.82, 2.24) is 4.98 Å². The van der Waals surface area contributed by atoms with E-state index in [4.69, 9.17) is 0 Å². The molecular formula is C14H13BrN2O. The first-order chi connectivity index (χ1) is 8.59. The van der Waals surface area contributed by atoms with E-state index in [1.165, 1.54) is 0 Å². The van der Waals surface area contributed by atoms with Crippen LogP contribution in [0.25, 0.3) is 0 Å². The number of aromatic nitrogens is 1. The topological polar surface area (TPSA) is 33.2 Å². The van der Waals surface area contributed by atoms with Crippen LogP contribution >= 0.6 is 15.9 Å². The number of aryl methyl sites for hydroxylation is 1. The molecule has 0 aliphatic carbocycles. The zero-order valence-electron chi connectivity index (χ0n) is 10.2. The van der Waals surface area contributed by atoms with Crippen LogP contribution in [-0.4, -0.2) is 17.9 Å². The largest absolute Gasteiger partial charge is 0.311 e. The van der Waals surface area contributed by atoms with Gasteiger partial charge in [-0.15, -0.1) is 0 Å². The van der Waals surface area contributed by atoms with Crippen molar-refractivity contribution in [3.05, 3.63) is 58.3 Å². The van der Waals surface area contributed by atoms with E-state index in [1.807, 2.05) is 31.2 Å². The van der Waals surface area contributed by atoms with Gasteiger partial charge in [0, 0.05) is 18.9 Å². The van der Waals surface area contributed by atoms with Gasteiger partial charge in [0.2, 0.25) is 0 Å². The average molecular weight is 305 g/mol. The number of benzene rings is 1. The molecule has 0 bridgehead atoms. The number of halogens is 1. The first kappa shape index (κ1) is 12.8. The Labute approximate surface area is 115 Å². The Bertz CT molecular complexity index is 566. The number of carbonyl (C=O) groups is 1. The third-order valence-electron chi connectivity index (χ3n) is 2.76. The molecule has 0 N–H and O–H groups in total. The van der Waals surface area contributed by atoms with Crippen molar-refractivity contribution in [3.8, 4) is 0 Å². The van der Waals surface area contributed by atoms with Crippen LogP contribution in [0.2, 0.25) is 0 Å². The minimum absolute atomic E-state index is 0.0655. The number of rotatable bonds is 2. The van der Waals surface area contributed by atoms with Crippen LogP contribution in [0.4, 0.5) is 5.69 Å². The molecule has 18 heavy (non-hydrogen) atoms. The van der Waals surface area contributed by atoms with E-state index < -0.39 is 0 Å². The highest BCUT2D eigenvalue weighted by Crippen LogP contribution is 2.20. The van der Waals surface area contributed by atoms with Crippen LogP contribution in [0, 0.1) is 6.92 Å². The Kier molecular flexibility index (Phi) is 3.77. The first-order valence-corrected chi connectivity index (χ1v) is 6.34. The molecular weight excluding hydrogens is 292 g/mol. The first-order valence-electron chi connectivity index (χ1n) is 5.55. The summed E-state index contributed by atoms with van der Waals surface area (Å²) in [6.45, 7) is 1.99. The van der Waals surface area contributed by atoms with Gasteiger partial charge < -0.3 is 4.90 Å². The average Bonchev–Trinajstić information content (AvgIpc) is 2.38. The molecule has 1 aromatic heterocycles. The Morgan fingerprint density at radius 1 is 1.22 bits per heavy atom. The van der Waals surface area contributed by atoms with Crippen LogP contribution < -0.4 is 4.90 Å². The molecule has 0 aliphatic heterocycles. The highest BCUT2D eigenvalue weighted by molar-refractivity contribution is 9.10. The lowest BCUT2D eigenvalue weighted by molar-refractivity contribution is 0.0992. The molecule has 0 aliphatic rings. The molecule has 0 radical (unpaired) electrons. The number of anilines is 1. The Balaban J connectivity index is 2.29. The van der Waals surface area contributed by atoms with E-state index in [-0.39, 0.29) is 5.91 Å². The van der Waals surface area contributed by atoms with Crippen LogP contribution in [0.1, 0.15) is 15.9 Å². The van der Waals surface area contributed by atoms with Gasteiger partial charge in [0.15, 0.2) is 0 Å². The van der Waals surface area contributed by atoms with Crippen molar-refractivity contribution in [2.45, 2.75) is 6.92 Å². The summed E-state index contributed by atoms with van der Waals surface area (Å²) in [5.74, 6) is -0.0655. The van der Waals surface area contributed by atoms with Crippen LogP contribution in [0.3, 0.4) is 0 Å². The molecule has 1 amide bonds. The van der Waals surface area contributed by atoms with Gasteiger partial charge in [-0.25, -0.2) is 4.98 Å². The van der Waals surface area contributed by atoms with Crippen molar-refractivity contribution in [2.24, 2.45) is 0 Å². The molecule has 0 saturated carbocycles. The lowest BCUT2D eigenvalue weighted by Gasteiger charge is -2.19. The highest BCUT2D eigenvalue weighted by atomic mass is 79.9. The Morgan fingerprint density at radius 3 is 2.56 bits per heavy atom. The number of carbonyl (C=O) groups excluding carboxylic acids is 1. The van der Waals surface area contributed by atoms with E-state index in [9.17, 15) is 4.79 Å². The molecule has 0 saturated heterocycles. The molecule has 0 atom stereocenters. The molecule has 2 rings (SSSR count). The zero-order valence-corrected chi connectivity index (χ0v) is 11.8. The molecule has 3 nitrogen and oxygen atoms in total. The van der Waals surface area contributed by atoms with E-state index in [1.54, 1.807) is 30.3 Å². The maximum Gasteiger partial charge on any atom is 0.259 e. The number of hydrogen-bond donors (Lipinski definition) is 0. The van der Waals surface area contributed by atoms with Gasteiger partial charge >= 0.3 is 0 Å². The molecule has 92 valence electrons. The van der Waals surface area contributed by atoms with Crippen molar-refractivity contribution >= 4 is 27.5 Å². The Hall–Kier alpha value is -1.68. The number of pyridine rings is 1. The van der Waals surface area contributed by atoms with Gasteiger partial charge in [-0.05, 0) is 46.6 Å². The molecule has 0 spiro atoms. The van der Waals surface area contributed by atoms with Gasteiger partial charge in [0.1, 0.15) is 4.60 Å². The predicted octanol–water partition coefficient (Wildman–Crippen LogP) is 3.43. The standard InChI is InChI=1S/C14H13BrN2O/c1-10-5-3-4-6-12(10)17(2)14(18)11-7-8-13(15)16-9-11/h3-9H,1-2H3. The molecule has 1 aromatic carbocycles. The van der Waals surface area contributed by atoms with Crippen molar-refractivity contribution < 1.29 is 4.79 Å². The second-order valence-electron chi connectivity index (χ2n) is 4.02. The van der Waals surface area contributed by atoms with E-state index in [0.29, 0.717) is 5.56 Å². The molecule has 0 unspecified atom stereocenters. The summed E-state index contributed by atoms with van der Waals surface area (Å²) in [5.41, 5.74) is 2.55. The molecule has 0 fully saturated rings. The SMILES string of the molecule is Cc1ccccc1N(C)C(=O)c1ccc(Br)nc1. The highest BCUT2D eigenvalue weighted by Gasteiger charge is 2.14. The van der Waals surface area contributed by atoms with Crippen molar-refractivity contribution in [3.63, 3.8) is 0 Å². The van der Waals surface area contributed by atoms with E-state index in [2.05, 4.69) is 20.9 Å². The lowest BCUT2D eigenvalue weighted by Crippen LogP contribution is -2.26.